The summed E-state index contributed by atoms with van der Waals surface area (Å²) < 4.78 is 4.97. The Hall–Kier alpha value is -0.790. The van der Waals surface area contributed by atoms with Gasteiger partial charge in [0.15, 0.2) is 0 Å². The molecule has 11 heavy (non-hydrogen) atoms. The number of esters is 1. The van der Waals surface area contributed by atoms with Gasteiger partial charge in [0.25, 0.3) is 0 Å². The molecule has 0 aromatic heterocycles. The van der Waals surface area contributed by atoms with Crippen molar-refractivity contribution in [2.75, 3.05) is 6.61 Å². The lowest BCUT2D eigenvalue weighted by Crippen LogP contribution is -2.28. The monoisotopic (exact) mass is 154 g/mol. The zero-order valence-corrected chi connectivity index (χ0v) is 6.88. The molecule has 2 atom stereocenters. The largest absolute Gasteiger partial charge is 0.465 e. The summed E-state index contributed by atoms with van der Waals surface area (Å²) in [5, 5.41) is 0. The standard InChI is InChI=1S/C9H14O2/c1-3-4-8-5-7(2)6-11-9(8)10/h3,7-8H,1,4-6H2,2H3. The molecule has 1 aliphatic heterocycles. The van der Waals surface area contributed by atoms with E-state index in [1.807, 2.05) is 0 Å². The normalized spacial score (nSPS) is 31.2. The first-order valence-electron chi connectivity index (χ1n) is 4.01. The van der Waals surface area contributed by atoms with Crippen molar-refractivity contribution in [3.05, 3.63) is 12.7 Å². The minimum Gasteiger partial charge on any atom is -0.465 e. The summed E-state index contributed by atoms with van der Waals surface area (Å²) in [5.74, 6) is 0.525. The van der Waals surface area contributed by atoms with Gasteiger partial charge in [0, 0.05) is 0 Å². The van der Waals surface area contributed by atoms with Gasteiger partial charge in [-0.3, -0.25) is 4.79 Å². The number of cyclic esters (lactones) is 1. The van der Waals surface area contributed by atoms with Crippen LogP contribution in [0.5, 0.6) is 0 Å². The van der Waals surface area contributed by atoms with Crippen molar-refractivity contribution in [3.8, 4) is 0 Å². The first kappa shape index (κ1) is 8.31. The maximum Gasteiger partial charge on any atom is 0.309 e. The Morgan fingerprint density at radius 3 is 3.18 bits per heavy atom. The number of rotatable bonds is 2. The van der Waals surface area contributed by atoms with E-state index in [0.717, 1.165) is 12.8 Å². The molecule has 0 amide bonds. The van der Waals surface area contributed by atoms with E-state index in [-0.39, 0.29) is 11.9 Å². The molecule has 1 aliphatic rings. The Morgan fingerprint density at radius 1 is 1.82 bits per heavy atom. The second-order valence-corrected chi connectivity index (χ2v) is 3.19. The van der Waals surface area contributed by atoms with Crippen LogP contribution >= 0.6 is 0 Å². The van der Waals surface area contributed by atoms with Crippen LogP contribution in [0.2, 0.25) is 0 Å². The van der Waals surface area contributed by atoms with E-state index in [4.69, 9.17) is 4.74 Å². The minimum atomic E-state index is -0.0528. The molecule has 1 saturated heterocycles. The average molecular weight is 154 g/mol. The lowest BCUT2D eigenvalue weighted by molar-refractivity contribution is -0.155. The van der Waals surface area contributed by atoms with Gasteiger partial charge in [0.1, 0.15) is 0 Å². The summed E-state index contributed by atoms with van der Waals surface area (Å²) in [6.07, 6.45) is 3.48. The van der Waals surface area contributed by atoms with Crippen LogP contribution in [0.1, 0.15) is 19.8 Å². The molecule has 1 heterocycles. The molecule has 0 aromatic carbocycles. The zero-order chi connectivity index (χ0) is 8.27. The molecule has 0 radical (unpaired) electrons. The highest BCUT2D eigenvalue weighted by atomic mass is 16.5. The Bertz CT molecular complexity index is 163. The fourth-order valence-electron chi connectivity index (χ4n) is 1.39. The van der Waals surface area contributed by atoms with Gasteiger partial charge in [0.05, 0.1) is 12.5 Å². The molecule has 0 aromatic rings. The summed E-state index contributed by atoms with van der Waals surface area (Å²) in [6.45, 7) is 6.30. The van der Waals surface area contributed by atoms with Crippen LogP contribution < -0.4 is 0 Å². The van der Waals surface area contributed by atoms with Gasteiger partial charge in [0.2, 0.25) is 0 Å². The molecule has 1 fully saturated rings. The van der Waals surface area contributed by atoms with Crippen molar-refractivity contribution >= 4 is 5.97 Å². The zero-order valence-electron chi connectivity index (χ0n) is 6.88. The number of hydrogen-bond acceptors (Lipinski definition) is 2. The van der Waals surface area contributed by atoms with E-state index in [0.29, 0.717) is 12.5 Å². The number of allylic oxidation sites excluding steroid dienone is 1. The van der Waals surface area contributed by atoms with Gasteiger partial charge in [-0.1, -0.05) is 13.0 Å². The highest BCUT2D eigenvalue weighted by Crippen LogP contribution is 2.22. The molecular weight excluding hydrogens is 140 g/mol. The Labute approximate surface area is 67.2 Å². The van der Waals surface area contributed by atoms with Crippen molar-refractivity contribution < 1.29 is 9.53 Å². The number of ether oxygens (including phenoxy) is 1. The van der Waals surface area contributed by atoms with E-state index in [1.165, 1.54) is 0 Å². The second-order valence-electron chi connectivity index (χ2n) is 3.19. The third-order valence-corrected chi connectivity index (χ3v) is 1.98. The summed E-state index contributed by atoms with van der Waals surface area (Å²) in [7, 11) is 0. The molecule has 0 spiro atoms. The quantitative estimate of drug-likeness (QED) is 0.447. The third-order valence-electron chi connectivity index (χ3n) is 1.98. The molecule has 1 rings (SSSR count). The molecule has 0 saturated carbocycles. The van der Waals surface area contributed by atoms with Crippen molar-refractivity contribution in [1.29, 1.82) is 0 Å². The second kappa shape index (κ2) is 3.56. The topological polar surface area (TPSA) is 26.3 Å². The Balaban J connectivity index is 2.46. The molecular formula is C9H14O2. The molecule has 0 aliphatic carbocycles. The van der Waals surface area contributed by atoms with Crippen molar-refractivity contribution in [3.63, 3.8) is 0 Å². The smallest absolute Gasteiger partial charge is 0.309 e. The molecule has 0 bridgehead atoms. The fraction of sp³-hybridized carbons (Fsp3) is 0.667. The van der Waals surface area contributed by atoms with Crippen LogP contribution in [0, 0.1) is 11.8 Å². The van der Waals surface area contributed by atoms with E-state index in [1.54, 1.807) is 6.08 Å². The van der Waals surface area contributed by atoms with Gasteiger partial charge in [-0.15, -0.1) is 6.58 Å². The van der Waals surface area contributed by atoms with Crippen LogP contribution in [0.15, 0.2) is 12.7 Å². The van der Waals surface area contributed by atoms with Gasteiger partial charge < -0.3 is 4.74 Å². The third kappa shape index (κ3) is 2.07. The summed E-state index contributed by atoms with van der Waals surface area (Å²) >= 11 is 0. The van der Waals surface area contributed by atoms with Crippen molar-refractivity contribution in [1.82, 2.24) is 0 Å². The SMILES string of the molecule is C=CCC1CC(C)COC1=O. The summed E-state index contributed by atoms with van der Waals surface area (Å²) in [4.78, 5) is 11.1. The first-order valence-corrected chi connectivity index (χ1v) is 4.01. The lowest BCUT2D eigenvalue weighted by atomic mass is 9.91. The van der Waals surface area contributed by atoms with E-state index >= 15 is 0 Å². The maximum atomic E-state index is 11.1. The molecule has 2 nitrogen and oxygen atoms in total. The van der Waals surface area contributed by atoms with Gasteiger partial charge in [-0.05, 0) is 18.8 Å². The highest BCUT2D eigenvalue weighted by Gasteiger charge is 2.26. The molecule has 2 heteroatoms. The lowest BCUT2D eigenvalue weighted by Gasteiger charge is -2.24. The summed E-state index contributed by atoms with van der Waals surface area (Å²) in [5.41, 5.74) is 0. The van der Waals surface area contributed by atoms with E-state index in [2.05, 4.69) is 13.5 Å². The number of carbonyl (C=O) groups is 1. The Morgan fingerprint density at radius 2 is 2.55 bits per heavy atom. The van der Waals surface area contributed by atoms with Crippen LogP contribution in [0.25, 0.3) is 0 Å². The number of hydrogen-bond donors (Lipinski definition) is 0. The van der Waals surface area contributed by atoms with Crippen LogP contribution in [-0.2, 0) is 9.53 Å². The van der Waals surface area contributed by atoms with Crippen LogP contribution in [0.4, 0.5) is 0 Å². The Kier molecular flexibility index (Phi) is 2.69. The first-order chi connectivity index (χ1) is 5.24. The fourth-order valence-corrected chi connectivity index (χ4v) is 1.39. The van der Waals surface area contributed by atoms with Crippen molar-refractivity contribution in [2.45, 2.75) is 19.8 Å². The summed E-state index contributed by atoms with van der Waals surface area (Å²) in [6, 6.07) is 0. The average Bonchev–Trinajstić information content (AvgIpc) is 1.98. The molecule has 62 valence electrons. The van der Waals surface area contributed by atoms with Crippen LogP contribution in [-0.4, -0.2) is 12.6 Å². The maximum absolute atomic E-state index is 11.1. The van der Waals surface area contributed by atoms with E-state index < -0.39 is 0 Å². The predicted octanol–water partition coefficient (Wildman–Crippen LogP) is 1.76. The van der Waals surface area contributed by atoms with Gasteiger partial charge in [-0.2, -0.15) is 0 Å². The van der Waals surface area contributed by atoms with Gasteiger partial charge >= 0.3 is 5.97 Å². The minimum absolute atomic E-state index is 0.0528. The van der Waals surface area contributed by atoms with Gasteiger partial charge in [-0.25, -0.2) is 0 Å². The molecule has 2 unspecified atom stereocenters. The van der Waals surface area contributed by atoms with E-state index in [9.17, 15) is 4.79 Å². The predicted molar refractivity (Wildman–Crippen MR) is 43.0 cm³/mol. The van der Waals surface area contributed by atoms with Crippen molar-refractivity contribution in [2.24, 2.45) is 11.8 Å². The van der Waals surface area contributed by atoms with Crippen LogP contribution in [0.3, 0.4) is 0 Å². The molecule has 0 N–H and O–H groups in total. The number of carbonyl (C=O) groups excluding carboxylic acids is 1. The highest BCUT2D eigenvalue weighted by molar-refractivity contribution is 5.73.